The van der Waals surface area contributed by atoms with Crippen molar-refractivity contribution in [3.63, 3.8) is 0 Å². The van der Waals surface area contributed by atoms with Crippen LogP contribution in [0.25, 0.3) is 0 Å². The van der Waals surface area contributed by atoms with Crippen LogP contribution >= 0.6 is 15.9 Å². The van der Waals surface area contributed by atoms with Crippen LogP contribution in [-0.4, -0.2) is 13.0 Å². The summed E-state index contributed by atoms with van der Waals surface area (Å²) in [5, 5.41) is 2.46. The van der Waals surface area contributed by atoms with Crippen LogP contribution in [0, 0.1) is 5.82 Å². The highest BCUT2D eigenvalue weighted by Gasteiger charge is 2.07. The summed E-state index contributed by atoms with van der Waals surface area (Å²) in [4.78, 5) is 0. The molecule has 0 heterocycles. The van der Waals surface area contributed by atoms with Gasteiger partial charge in [-0.2, -0.15) is 0 Å². The van der Waals surface area contributed by atoms with E-state index in [1.165, 1.54) is 6.07 Å². The lowest BCUT2D eigenvalue weighted by molar-refractivity contribution is 0.145. The minimum Gasteiger partial charge on any atom is -0.307 e. The highest BCUT2D eigenvalue weighted by Crippen LogP contribution is 2.19. The van der Waals surface area contributed by atoms with Crippen LogP contribution in [0.3, 0.4) is 0 Å². The van der Waals surface area contributed by atoms with Gasteiger partial charge in [0.1, 0.15) is 5.82 Å². The zero-order valence-electron chi connectivity index (χ0n) is 7.24. The molecule has 0 saturated heterocycles. The summed E-state index contributed by atoms with van der Waals surface area (Å²) in [6, 6.07) is 4.52. The maximum Gasteiger partial charge on any atom is 0.250 e. The summed E-state index contributed by atoms with van der Waals surface area (Å²) in [5.41, 5.74) is 0.369. The zero-order chi connectivity index (χ0) is 10.6. The second-order valence-electron chi connectivity index (χ2n) is 2.72. The molecule has 1 N–H and O–H groups in total. The molecule has 0 amide bonds. The summed E-state index contributed by atoms with van der Waals surface area (Å²) in [6.07, 6.45) is -2.42. The van der Waals surface area contributed by atoms with Gasteiger partial charge in [0.2, 0.25) is 0 Å². The lowest BCUT2D eigenvalue weighted by Gasteiger charge is -2.07. The standard InChI is InChI=1S/C9H9BrF3N/c10-7-2-1-3-8(11)6(7)4-14-5-9(12)13/h1-3,9,14H,4-5H2. The summed E-state index contributed by atoms with van der Waals surface area (Å²) >= 11 is 3.15. The van der Waals surface area contributed by atoms with Crippen molar-refractivity contribution in [2.24, 2.45) is 0 Å². The number of nitrogens with one attached hydrogen (secondary N) is 1. The molecular weight excluding hydrogens is 259 g/mol. The fourth-order valence-electron chi connectivity index (χ4n) is 1.01. The molecule has 0 saturated carbocycles. The highest BCUT2D eigenvalue weighted by molar-refractivity contribution is 9.10. The molecule has 5 heteroatoms. The Kier molecular flexibility index (Phi) is 4.41. The second kappa shape index (κ2) is 5.36. The van der Waals surface area contributed by atoms with E-state index in [2.05, 4.69) is 21.2 Å². The Labute approximate surface area is 88.4 Å². The van der Waals surface area contributed by atoms with Gasteiger partial charge in [-0.3, -0.25) is 0 Å². The van der Waals surface area contributed by atoms with Crippen molar-refractivity contribution in [2.45, 2.75) is 13.0 Å². The molecule has 0 aromatic heterocycles. The van der Waals surface area contributed by atoms with Crippen LogP contribution in [0.15, 0.2) is 22.7 Å². The minimum atomic E-state index is -2.42. The average Bonchev–Trinajstić information content (AvgIpc) is 2.09. The fraction of sp³-hybridized carbons (Fsp3) is 0.333. The van der Waals surface area contributed by atoms with Crippen molar-refractivity contribution in [1.29, 1.82) is 0 Å². The SMILES string of the molecule is Fc1cccc(Br)c1CNCC(F)F. The van der Waals surface area contributed by atoms with Gasteiger partial charge in [-0.1, -0.05) is 22.0 Å². The predicted octanol–water partition coefficient (Wildman–Crippen LogP) is 2.94. The van der Waals surface area contributed by atoms with Crippen LogP contribution in [0.1, 0.15) is 5.56 Å². The largest absolute Gasteiger partial charge is 0.307 e. The highest BCUT2D eigenvalue weighted by atomic mass is 79.9. The maximum absolute atomic E-state index is 13.1. The molecule has 0 spiro atoms. The van der Waals surface area contributed by atoms with Crippen molar-refractivity contribution in [3.05, 3.63) is 34.1 Å². The van der Waals surface area contributed by atoms with E-state index in [-0.39, 0.29) is 6.54 Å². The van der Waals surface area contributed by atoms with Crippen LogP contribution < -0.4 is 5.32 Å². The van der Waals surface area contributed by atoms with Gasteiger partial charge in [0.05, 0.1) is 6.54 Å². The van der Waals surface area contributed by atoms with E-state index in [1.807, 2.05) is 0 Å². The molecule has 1 aromatic rings. The minimum absolute atomic E-state index is 0.0948. The van der Waals surface area contributed by atoms with Gasteiger partial charge in [0.15, 0.2) is 0 Å². The van der Waals surface area contributed by atoms with Crippen molar-refractivity contribution >= 4 is 15.9 Å². The summed E-state index contributed by atoms with van der Waals surface area (Å²) in [5.74, 6) is -0.402. The molecule has 0 aliphatic heterocycles. The van der Waals surface area contributed by atoms with Gasteiger partial charge >= 0.3 is 0 Å². The average molecular weight is 268 g/mol. The van der Waals surface area contributed by atoms with E-state index < -0.39 is 18.8 Å². The smallest absolute Gasteiger partial charge is 0.250 e. The van der Waals surface area contributed by atoms with Gasteiger partial charge in [-0.15, -0.1) is 0 Å². The quantitative estimate of drug-likeness (QED) is 0.885. The summed E-state index contributed by atoms with van der Waals surface area (Å²) in [6.45, 7) is -0.335. The molecule has 0 bridgehead atoms. The molecule has 14 heavy (non-hydrogen) atoms. The Morgan fingerprint density at radius 2 is 2.07 bits per heavy atom. The van der Waals surface area contributed by atoms with E-state index >= 15 is 0 Å². The topological polar surface area (TPSA) is 12.0 Å². The van der Waals surface area contributed by atoms with Crippen LogP contribution in [-0.2, 0) is 6.54 Å². The molecule has 0 aliphatic carbocycles. The molecule has 0 aliphatic rings. The Balaban J connectivity index is 2.58. The van der Waals surface area contributed by atoms with Crippen LogP contribution in [0.2, 0.25) is 0 Å². The van der Waals surface area contributed by atoms with Gasteiger partial charge in [-0.05, 0) is 12.1 Å². The monoisotopic (exact) mass is 267 g/mol. The molecule has 1 aromatic carbocycles. The van der Waals surface area contributed by atoms with Crippen molar-refractivity contribution < 1.29 is 13.2 Å². The van der Waals surface area contributed by atoms with Gasteiger partial charge in [0, 0.05) is 16.6 Å². The first kappa shape index (κ1) is 11.5. The second-order valence-corrected chi connectivity index (χ2v) is 3.58. The van der Waals surface area contributed by atoms with E-state index in [9.17, 15) is 13.2 Å². The fourth-order valence-corrected chi connectivity index (χ4v) is 1.49. The Hall–Kier alpha value is -0.550. The first-order valence-corrected chi connectivity index (χ1v) is 4.82. The van der Waals surface area contributed by atoms with Crippen molar-refractivity contribution in [1.82, 2.24) is 5.32 Å². The molecule has 0 unspecified atom stereocenters. The third kappa shape index (κ3) is 3.31. The molecular formula is C9H9BrF3N. The lowest BCUT2D eigenvalue weighted by Crippen LogP contribution is -2.21. The lowest BCUT2D eigenvalue weighted by atomic mass is 10.2. The number of benzene rings is 1. The zero-order valence-corrected chi connectivity index (χ0v) is 8.82. The van der Waals surface area contributed by atoms with E-state index in [0.29, 0.717) is 10.0 Å². The van der Waals surface area contributed by atoms with E-state index in [1.54, 1.807) is 12.1 Å². The third-order valence-corrected chi connectivity index (χ3v) is 2.41. The van der Waals surface area contributed by atoms with E-state index in [0.717, 1.165) is 0 Å². The first-order chi connectivity index (χ1) is 6.61. The Bertz CT molecular complexity index is 284. The van der Waals surface area contributed by atoms with Crippen LogP contribution in [0.5, 0.6) is 0 Å². The first-order valence-electron chi connectivity index (χ1n) is 4.03. The summed E-state index contributed by atoms with van der Waals surface area (Å²) < 4.78 is 37.2. The number of alkyl halides is 2. The molecule has 78 valence electrons. The number of halogens is 4. The normalized spacial score (nSPS) is 10.9. The molecule has 1 rings (SSSR count). The van der Waals surface area contributed by atoms with Gasteiger partial charge in [-0.25, -0.2) is 13.2 Å². The summed E-state index contributed by atoms with van der Waals surface area (Å²) in [7, 11) is 0. The molecule has 0 atom stereocenters. The van der Waals surface area contributed by atoms with Gasteiger partial charge < -0.3 is 5.32 Å². The molecule has 0 fully saturated rings. The predicted molar refractivity (Wildman–Crippen MR) is 51.8 cm³/mol. The van der Waals surface area contributed by atoms with E-state index in [4.69, 9.17) is 0 Å². The Morgan fingerprint density at radius 3 is 2.64 bits per heavy atom. The van der Waals surface area contributed by atoms with Crippen LogP contribution in [0.4, 0.5) is 13.2 Å². The Morgan fingerprint density at radius 1 is 1.36 bits per heavy atom. The number of hydrogen-bond donors (Lipinski definition) is 1. The number of rotatable bonds is 4. The molecule has 0 radical (unpaired) electrons. The van der Waals surface area contributed by atoms with Crippen molar-refractivity contribution in [2.75, 3.05) is 6.54 Å². The van der Waals surface area contributed by atoms with Crippen molar-refractivity contribution in [3.8, 4) is 0 Å². The third-order valence-electron chi connectivity index (χ3n) is 1.66. The maximum atomic E-state index is 13.1. The van der Waals surface area contributed by atoms with Gasteiger partial charge in [0.25, 0.3) is 6.43 Å². The molecule has 1 nitrogen and oxygen atoms in total. The number of hydrogen-bond acceptors (Lipinski definition) is 1.